The number of nitrogens with one attached hydrogen (secondary N) is 3. The van der Waals surface area contributed by atoms with Crippen molar-refractivity contribution in [1.82, 2.24) is 15.3 Å². The average Bonchev–Trinajstić information content (AvgIpc) is 2.90. The highest BCUT2D eigenvalue weighted by molar-refractivity contribution is 6.33. The maximum Gasteiger partial charge on any atom is 0.126 e. The molecular weight excluding hydrogens is 476 g/mol. The number of rotatable bonds is 10. The van der Waals surface area contributed by atoms with Crippen LogP contribution in [-0.4, -0.2) is 61.5 Å². The number of halogens is 1. The lowest BCUT2D eigenvalue weighted by Gasteiger charge is -2.32. The second kappa shape index (κ2) is 12.7. The van der Waals surface area contributed by atoms with E-state index in [1.165, 1.54) is 0 Å². The zero-order valence-corrected chi connectivity index (χ0v) is 21.9. The fourth-order valence-corrected chi connectivity index (χ4v) is 5.15. The zero-order valence-electron chi connectivity index (χ0n) is 22.1. The Kier molecular flexibility index (Phi) is 8.89. The van der Waals surface area contributed by atoms with Crippen molar-refractivity contribution in [1.29, 1.82) is 5.26 Å². The van der Waals surface area contributed by atoms with Crippen molar-refractivity contribution in [3.63, 3.8) is 0 Å². The molecule has 4 rings (SSSR count). The summed E-state index contributed by atoms with van der Waals surface area (Å²) in [6.07, 6.45) is 7.05. The molecule has 0 amide bonds. The number of aromatic nitrogens is 2. The number of methoxy groups -OCH3 is 1. The molecule has 1 aliphatic carbocycles. The largest absolute Gasteiger partial charge is 0.383 e. The van der Waals surface area contributed by atoms with Gasteiger partial charge < -0.3 is 25.4 Å². The van der Waals surface area contributed by atoms with Crippen LogP contribution in [0.4, 0.5) is 11.6 Å². The van der Waals surface area contributed by atoms with E-state index in [0.717, 1.165) is 55.6 Å². The maximum atomic E-state index is 9.73. The Morgan fingerprint density at radius 1 is 1.25 bits per heavy atom. The van der Waals surface area contributed by atoms with Crippen molar-refractivity contribution in [2.24, 2.45) is 5.41 Å². The number of hydrogen-bond donors (Lipinski definition) is 3. The summed E-state index contributed by atoms with van der Waals surface area (Å²) >= 11 is 6.53. The maximum absolute atomic E-state index is 9.73. The first kappa shape index (κ1) is 25.2. The van der Waals surface area contributed by atoms with Crippen LogP contribution in [0, 0.1) is 16.7 Å². The van der Waals surface area contributed by atoms with Gasteiger partial charge in [-0.3, -0.25) is 0 Å². The monoisotopic (exact) mass is 513 g/mol. The molecule has 1 saturated carbocycles. The number of anilines is 2. The van der Waals surface area contributed by atoms with Gasteiger partial charge in [-0.25, -0.2) is 9.97 Å². The van der Waals surface area contributed by atoms with Crippen molar-refractivity contribution in [2.75, 3.05) is 44.1 Å². The molecule has 1 saturated heterocycles. The minimum absolute atomic E-state index is 0.307. The molecule has 8 nitrogen and oxygen atoms in total. The summed E-state index contributed by atoms with van der Waals surface area (Å²) in [6.45, 7) is 3.97. The van der Waals surface area contributed by atoms with Crippen LogP contribution in [0.3, 0.4) is 0 Å². The van der Waals surface area contributed by atoms with Crippen molar-refractivity contribution < 1.29 is 10.8 Å². The Hall–Kier alpha value is -2.44. The molecule has 0 bridgehead atoms. The molecule has 1 unspecified atom stereocenters. The third kappa shape index (κ3) is 7.07. The molecule has 2 fully saturated rings. The molecule has 0 aromatic carbocycles. The van der Waals surface area contributed by atoms with Gasteiger partial charge >= 0.3 is 0 Å². The molecule has 1 aliphatic heterocycles. The van der Waals surface area contributed by atoms with Gasteiger partial charge in [0.05, 0.1) is 28.8 Å². The standard InChI is InChI=1S/C27H37ClN6O2/c1-19(16-35-2)32-20-6-8-21(9-7-20)33-26-14-22(23(28)15-30-26)24-4-3-5-25(34-24)31-18-27(17-29)10-12-36-13-11-27/h3-5,14-15,19-21,32H,6-13,16,18H2,1-2H3,(H,30,33)(H,31,34)/t19?,20-,21-/i19D. The van der Waals surface area contributed by atoms with Crippen LogP contribution in [0.15, 0.2) is 30.5 Å². The Labute approximate surface area is 220 Å². The van der Waals surface area contributed by atoms with Crippen molar-refractivity contribution in [3.05, 3.63) is 35.5 Å². The molecule has 2 aliphatic rings. The SMILES string of the molecule is [2H]C(C)(COC)N[C@H]1CC[C@H](Nc2cc(-c3cccc(NCC4(C#N)CCOCC4)n3)c(Cl)cn2)CC1. The summed E-state index contributed by atoms with van der Waals surface area (Å²) in [5.41, 5.74) is 1.13. The second-order valence-corrected chi connectivity index (χ2v) is 10.3. The summed E-state index contributed by atoms with van der Waals surface area (Å²) in [5, 5.41) is 20.6. The summed E-state index contributed by atoms with van der Waals surface area (Å²) in [4.78, 5) is 9.28. The second-order valence-electron chi connectivity index (χ2n) is 9.87. The van der Waals surface area contributed by atoms with Gasteiger partial charge in [0, 0.05) is 58.1 Å². The third-order valence-corrected chi connectivity index (χ3v) is 7.37. The molecule has 3 N–H and O–H groups in total. The topological polar surface area (TPSA) is 104 Å². The number of hydrogen-bond acceptors (Lipinski definition) is 8. The van der Waals surface area contributed by atoms with Crippen LogP contribution >= 0.6 is 11.6 Å². The van der Waals surface area contributed by atoms with E-state index in [9.17, 15) is 5.26 Å². The number of ether oxygens (including phenoxy) is 2. The minimum Gasteiger partial charge on any atom is -0.383 e. The molecule has 0 spiro atoms. The van der Waals surface area contributed by atoms with Crippen LogP contribution in [-0.2, 0) is 9.47 Å². The fraction of sp³-hybridized carbons (Fsp3) is 0.593. The van der Waals surface area contributed by atoms with E-state index in [0.29, 0.717) is 49.3 Å². The van der Waals surface area contributed by atoms with Gasteiger partial charge in [0.2, 0.25) is 0 Å². The van der Waals surface area contributed by atoms with E-state index >= 15 is 0 Å². The highest BCUT2D eigenvalue weighted by atomic mass is 35.5. The number of nitriles is 1. The zero-order chi connectivity index (χ0) is 26.3. The van der Waals surface area contributed by atoms with Gasteiger partial charge in [-0.15, -0.1) is 0 Å². The average molecular weight is 514 g/mol. The van der Waals surface area contributed by atoms with Crippen LogP contribution < -0.4 is 16.0 Å². The van der Waals surface area contributed by atoms with Crippen LogP contribution in [0.5, 0.6) is 0 Å². The lowest BCUT2D eigenvalue weighted by molar-refractivity contribution is 0.0455. The molecule has 1 atom stereocenters. The fourth-order valence-electron chi connectivity index (χ4n) is 4.94. The lowest BCUT2D eigenvalue weighted by atomic mass is 9.82. The lowest BCUT2D eigenvalue weighted by Crippen LogP contribution is -2.42. The van der Waals surface area contributed by atoms with E-state index in [2.05, 4.69) is 27.0 Å². The Morgan fingerprint density at radius 3 is 2.72 bits per heavy atom. The van der Waals surface area contributed by atoms with Gasteiger partial charge in [0.1, 0.15) is 11.6 Å². The molecule has 3 heterocycles. The van der Waals surface area contributed by atoms with Gasteiger partial charge in [-0.1, -0.05) is 17.7 Å². The van der Waals surface area contributed by atoms with Gasteiger partial charge in [0.25, 0.3) is 0 Å². The summed E-state index contributed by atoms with van der Waals surface area (Å²) < 4.78 is 18.9. The summed E-state index contributed by atoms with van der Waals surface area (Å²) in [6, 6.07) is 10.1. The van der Waals surface area contributed by atoms with Crippen LogP contribution in [0.2, 0.25) is 5.02 Å². The molecular formula is C27H37ClN6O2. The van der Waals surface area contributed by atoms with Crippen molar-refractivity contribution >= 4 is 23.2 Å². The molecule has 2 aromatic heterocycles. The van der Waals surface area contributed by atoms with E-state index in [1.807, 2.05) is 31.2 Å². The Bertz CT molecular complexity index is 1080. The highest BCUT2D eigenvalue weighted by Crippen LogP contribution is 2.32. The normalized spacial score (nSPS) is 23.7. The van der Waals surface area contributed by atoms with Crippen molar-refractivity contribution in [2.45, 2.75) is 63.6 Å². The molecule has 0 radical (unpaired) electrons. The Balaban J connectivity index is 1.37. The van der Waals surface area contributed by atoms with E-state index in [1.54, 1.807) is 13.3 Å². The highest BCUT2D eigenvalue weighted by Gasteiger charge is 2.32. The first-order chi connectivity index (χ1) is 17.8. The third-order valence-electron chi connectivity index (χ3n) is 7.07. The summed E-state index contributed by atoms with van der Waals surface area (Å²) in [5.74, 6) is 1.48. The van der Waals surface area contributed by atoms with Crippen LogP contribution in [0.25, 0.3) is 11.3 Å². The van der Waals surface area contributed by atoms with Gasteiger partial charge in [-0.05, 0) is 63.6 Å². The first-order valence-corrected chi connectivity index (χ1v) is 13.1. The first-order valence-electron chi connectivity index (χ1n) is 13.2. The molecule has 2 aromatic rings. The quantitative estimate of drug-likeness (QED) is 0.413. The van der Waals surface area contributed by atoms with E-state index < -0.39 is 11.4 Å². The van der Waals surface area contributed by atoms with Gasteiger partial charge in [0.15, 0.2) is 0 Å². The molecule has 9 heteroatoms. The number of pyridine rings is 2. The summed E-state index contributed by atoms with van der Waals surface area (Å²) in [7, 11) is 1.63. The molecule has 194 valence electrons. The van der Waals surface area contributed by atoms with Crippen LogP contribution in [0.1, 0.15) is 46.8 Å². The minimum atomic E-state index is -0.775. The predicted molar refractivity (Wildman–Crippen MR) is 143 cm³/mol. The van der Waals surface area contributed by atoms with Gasteiger partial charge in [-0.2, -0.15) is 5.26 Å². The van der Waals surface area contributed by atoms with E-state index in [4.69, 9.17) is 27.4 Å². The smallest absolute Gasteiger partial charge is 0.126 e. The molecule has 36 heavy (non-hydrogen) atoms. The predicted octanol–water partition coefficient (Wildman–Crippen LogP) is 4.88. The number of nitrogens with zero attached hydrogens (tertiary/aromatic N) is 3. The van der Waals surface area contributed by atoms with E-state index in [-0.39, 0.29) is 0 Å². The Morgan fingerprint density at radius 2 is 2.00 bits per heavy atom. The van der Waals surface area contributed by atoms with Crippen molar-refractivity contribution in [3.8, 4) is 17.3 Å².